The van der Waals surface area contributed by atoms with Crippen molar-refractivity contribution in [1.29, 1.82) is 0 Å². The molecule has 3 rings (SSSR count). The third kappa shape index (κ3) is 6.85. The third-order valence-electron chi connectivity index (χ3n) is 4.75. The Morgan fingerprint density at radius 3 is 2.52 bits per heavy atom. The van der Waals surface area contributed by atoms with Crippen molar-refractivity contribution in [2.75, 3.05) is 28.5 Å². The van der Waals surface area contributed by atoms with Crippen LogP contribution in [-0.2, 0) is 0 Å². The summed E-state index contributed by atoms with van der Waals surface area (Å²) in [6.07, 6.45) is -0.787. The van der Waals surface area contributed by atoms with E-state index in [2.05, 4.69) is 66.3 Å². The van der Waals surface area contributed by atoms with Gasteiger partial charge in [0, 0.05) is 34.8 Å². The van der Waals surface area contributed by atoms with Gasteiger partial charge in [-0.05, 0) is 81.0 Å². The highest BCUT2D eigenvalue weighted by Crippen LogP contribution is 2.35. The van der Waals surface area contributed by atoms with Gasteiger partial charge in [-0.2, -0.15) is 8.78 Å². The van der Waals surface area contributed by atoms with E-state index in [-0.39, 0.29) is 11.1 Å². The molecule has 1 aliphatic rings. The van der Waals surface area contributed by atoms with Crippen molar-refractivity contribution >= 4 is 35.5 Å². The zero-order chi connectivity index (χ0) is 22.4. The molecule has 0 bridgehead atoms. The molecule has 0 atom stereocenters. The molecule has 8 heteroatoms. The zero-order valence-electron chi connectivity index (χ0n) is 18.5. The molecular weight excluding hydrogens is 434 g/mol. The maximum Gasteiger partial charge on any atom is 0.269 e. The van der Waals surface area contributed by atoms with Crippen LogP contribution in [0.2, 0.25) is 0 Å². The lowest BCUT2D eigenvalue weighted by Crippen LogP contribution is -2.32. The number of aromatic nitrogens is 1. The number of benzene rings is 1. The minimum absolute atomic E-state index is 0.00235. The number of hydrogen-bond acceptors (Lipinski definition) is 6. The van der Waals surface area contributed by atoms with Gasteiger partial charge in [0.05, 0.1) is 0 Å². The molecule has 1 saturated heterocycles. The maximum absolute atomic E-state index is 13.0. The van der Waals surface area contributed by atoms with Gasteiger partial charge < -0.3 is 9.62 Å². The summed E-state index contributed by atoms with van der Waals surface area (Å²) < 4.78 is 32.8. The topological polar surface area (TPSA) is 40.2 Å². The highest BCUT2D eigenvalue weighted by Gasteiger charge is 2.22. The van der Waals surface area contributed by atoms with Crippen molar-refractivity contribution in [2.45, 2.75) is 51.0 Å². The Bertz CT molecular complexity index is 914. The van der Waals surface area contributed by atoms with Crippen molar-refractivity contribution in [3.63, 3.8) is 0 Å². The van der Waals surface area contributed by atoms with Crippen LogP contribution >= 0.6 is 23.9 Å². The summed E-state index contributed by atoms with van der Waals surface area (Å²) >= 11 is 3.19. The molecule has 168 valence electrons. The first-order chi connectivity index (χ1) is 14.8. The lowest BCUT2D eigenvalue weighted by atomic mass is 10.0. The first kappa shape index (κ1) is 23.9. The summed E-state index contributed by atoms with van der Waals surface area (Å²) in [4.78, 5) is 8.10. The minimum Gasteiger partial charge on any atom is -0.355 e. The number of piperidine rings is 1. The van der Waals surface area contributed by atoms with Crippen LogP contribution in [0.1, 0.15) is 40.5 Å². The van der Waals surface area contributed by atoms with Gasteiger partial charge in [0.2, 0.25) is 0 Å². The van der Waals surface area contributed by atoms with E-state index >= 15 is 0 Å². The molecule has 0 amide bonds. The highest BCUT2D eigenvalue weighted by atomic mass is 32.2. The number of pyridine rings is 1. The SMILES string of the molecule is CCSNc1ccc(-c2cccc(SNC(C)(C)C)c2)c(N2CCC(=C(F)F)CC2)n1. The van der Waals surface area contributed by atoms with E-state index in [0.717, 1.165) is 33.4 Å². The summed E-state index contributed by atoms with van der Waals surface area (Å²) in [5.74, 6) is 2.54. The maximum atomic E-state index is 13.0. The molecule has 31 heavy (non-hydrogen) atoms. The molecule has 1 fully saturated rings. The minimum atomic E-state index is -1.53. The van der Waals surface area contributed by atoms with Crippen LogP contribution in [0.25, 0.3) is 11.1 Å². The van der Waals surface area contributed by atoms with E-state index < -0.39 is 6.08 Å². The van der Waals surface area contributed by atoms with Crippen LogP contribution in [-0.4, -0.2) is 29.4 Å². The fourth-order valence-corrected chi connectivity index (χ4v) is 4.40. The third-order valence-corrected chi connectivity index (χ3v) is 6.60. The van der Waals surface area contributed by atoms with Gasteiger partial charge in [0.15, 0.2) is 0 Å². The van der Waals surface area contributed by atoms with E-state index in [1.165, 1.54) is 0 Å². The van der Waals surface area contributed by atoms with Crippen LogP contribution in [0.15, 0.2) is 52.9 Å². The number of nitrogens with one attached hydrogen (secondary N) is 2. The summed E-state index contributed by atoms with van der Waals surface area (Å²) in [6.45, 7) is 9.54. The molecule has 2 aromatic rings. The van der Waals surface area contributed by atoms with Crippen LogP contribution < -0.4 is 14.3 Å². The monoisotopic (exact) mass is 464 g/mol. The molecule has 2 heterocycles. The fourth-order valence-electron chi connectivity index (χ4n) is 3.23. The Balaban J connectivity index is 1.91. The van der Waals surface area contributed by atoms with Crippen LogP contribution in [0.5, 0.6) is 0 Å². The van der Waals surface area contributed by atoms with Gasteiger partial charge >= 0.3 is 0 Å². The molecule has 1 aromatic heterocycles. The largest absolute Gasteiger partial charge is 0.355 e. The van der Waals surface area contributed by atoms with Crippen molar-refractivity contribution in [3.8, 4) is 11.1 Å². The molecule has 1 aliphatic heterocycles. The smallest absolute Gasteiger partial charge is 0.269 e. The second-order valence-electron chi connectivity index (χ2n) is 8.44. The van der Waals surface area contributed by atoms with Gasteiger partial charge in [0.1, 0.15) is 11.6 Å². The van der Waals surface area contributed by atoms with Gasteiger partial charge in [-0.15, -0.1) is 0 Å². The van der Waals surface area contributed by atoms with Crippen molar-refractivity contribution in [3.05, 3.63) is 48.1 Å². The average Bonchev–Trinajstić information content (AvgIpc) is 2.76. The van der Waals surface area contributed by atoms with Crippen molar-refractivity contribution in [2.24, 2.45) is 0 Å². The number of nitrogens with zero attached hydrogens (tertiary/aromatic N) is 2. The predicted molar refractivity (Wildman–Crippen MR) is 131 cm³/mol. The van der Waals surface area contributed by atoms with E-state index in [0.29, 0.717) is 25.9 Å². The van der Waals surface area contributed by atoms with E-state index in [1.807, 2.05) is 12.1 Å². The molecule has 4 nitrogen and oxygen atoms in total. The normalized spacial score (nSPS) is 14.6. The van der Waals surface area contributed by atoms with E-state index in [9.17, 15) is 8.78 Å². The van der Waals surface area contributed by atoms with Gasteiger partial charge in [-0.1, -0.05) is 31.0 Å². The Labute approximate surface area is 192 Å². The van der Waals surface area contributed by atoms with Crippen molar-refractivity contribution < 1.29 is 8.78 Å². The number of rotatable bonds is 7. The summed E-state index contributed by atoms with van der Waals surface area (Å²) in [7, 11) is 0. The molecule has 0 unspecified atom stereocenters. The lowest BCUT2D eigenvalue weighted by molar-refractivity contribution is 0.399. The summed E-state index contributed by atoms with van der Waals surface area (Å²) in [6, 6.07) is 12.4. The lowest BCUT2D eigenvalue weighted by Gasteiger charge is -2.31. The van der Waals surface area contributed by atoms with Gasteiger partial charge in [0.25, 0.3) is 6.08 Å². The Morgan fingerprint density at radius 1 is 1.13 bits per heavy atom. The predicted octanol–water partition coefficient (Wildman–Crippen LogP) is 6.97. The first-order valence-corrected chi connectivity index (χ1v) is 12.3. The second-order valence-corrected chi connectivity index (χ2v) is 10.4. The Hall–Kier alpha value is -1.77. The molecule has 2 N–H and O–H groups in total. The molecule has 0 aliphatic carbocycles. The number of halogens is 2. The van der Waals surface area contributed by atoms with E-state index in [1.54, 1.807) is 23.9 Å². The number of anilines is 2. The molecular formula is C23H30F2N4S2. The van der Waals surface area contributed by atoms with E-state index in [4.69, 9.17) is 4.98 Å². The molecule has 0 saturated carbocycles. The Kier molecular flexibility index (Phi) is 8.24. The quantitative estimate of drug-likeness (QED) is 0.431. The average molecular weight is 465 g/mol. The van der Waals surface area contributed by atoms with Gasteiger partial charge in [-0.3, -0.25) is 4.72 Å². The van der Waals surface area contributed by atoms with Crippen LogP contribution in [0.3, 0.4) is 0 Å². The van der Waals surface area contributed by atoms with Crippen LogP contribution in [0, 0.1) is 0 Å². The van der Waals surface area contributed by atoms with Gasteiger partial charge in [-0.25, -0.2) is 4.98 Å². The second kappa shape index (κ2) is 10.7. The molecule has 0 spiro atoms. The fraction of sp³-hybridized carbons (Fsp3) is 0.435. The standard InChI is InChI=1S/C23H30F2N4S2/c1-5-30-27-20-10-9-19(17-7-6-8-18(15-17)31-28-23(2,3)4)22(26-20)29-13-11-16(12-14-29)21(24)25/h6-10,15,28H,5,11-14H2,1-4H3,(H,26,27). The molecule has 0 radical (unpaired) electrons. The first-order valence-electron chi connectivity index (χ1n) is 10.5. The van der Waals surface area contributed by atoms with Crippen LogP contribution in [0.4, 0.5) is 20.4 Å². The highest BCUT2D eigenvalue weighted by molar-refractivity contribution is 8.00. The Morgan fingerprint density at radius 2 is 1.87 bits per heavy atom. The van der Waals surface area contributed by atoms with Crippen molar-refractivity contribution in [1.82, 2.24) is 9.71 Å². The summed E-state index contributed by atoms with van der Waals surface area (Å²) in [5.41, 5.74) is 2.34. The number of hydrogen-bond donors (Lipinski definition) is 2. The summed E-state index contributed by atoms with van der Waals surface area (Å²) in [5, 5.41) is 0. The zero-order valence-corrected chi connectivity index (χ0v) is 20.1. The molecule has 1 aromatic carbocycles.